The maximum Gasteiger partial charge on any atom is 0.195 e. The average molecular weight is 865 g/mol. The van der Waals surface area contributed by atoms with Gasteiger partial charge in [-0.05, 0) is 106 Å². The fourth-order valence-corrected chi connectivity index (χ4v) is 9.68. The van der Waals surface area contributed by atoms with Crippen molar-refractivity contribution in [1.82, 2.24) is 15.0 Å². The molecule has 1 heterocycles. The van der Waals surface area contributed by atoms with E-state index in [0.717, 1.165) is 66.8 Å². The molecular weight excluding hydrogens is 825 g/mol. The van der Waals surface area contributed by atoms with Crippen LogP contribution in [0.3, 0.4) is 0 Å². The van der Waals surface area contributed by atoms with E-state index in [2.05, 4.69) is 205 Å². The number of aromatic nitrogens is 3. The first-order chi connectivity index (χ1) is 33.7. The first-order valence-corrected chi connectivity index (χ1v) is 22.8. The van der Waals surface area contributed by atoms with E-state index in [-0.39, 0.29) is 0 Å². The van der Waals surface area contributed by atoms with Gasteiger partial charge < -0.3 is 0 Å². The Kier molecular flexibility index (Phi) is 10.2. The lowest BCUT2D eigenvalue weighted by molar-refractivity contribution is 1.07. The summed E-state index contributed by atoms with van der Waals surface area (Å²) in [6.07, 6.45) is 0. The van der Waals surface area contributed by atoms with Crippen LogP contribution in [0.2, 0.25) is 0 Å². The van der Waals surface area contributed by atoms with Gasteiger partial charge in [-0.15, -0.1) is 0 Å². The summed E-state index contributed by atoms with van der Waals surface area (Å²) in [5.41, 5.74) is 13.9. The highest BCUT2D eigenvalue weighted by Crippen LogP contribution is 2.43. The molecular formula is C64H40N4. The first kappa shape index (κ1) is 40.2. The first-order valence-electron chi connectivity index (χ1n) is 22.8. The molecule has 0 N–H and O–H groups in total. The maximum atomic E-state index is 8.40. The third kappa shape index (κ3) is 7.35. The molecule has 0 saturated carbocycles. The second kappa shape index (κ2) is 17.2. The van der Waals surface area contributed by atoms with Gasteiger partial charge in [-0.2, -0.15) is 0 Å². The van der Waals surface area contributed by atoms with Crippen LogP contribution in [0.5, 0.6) is 0 Å². The summed E-state index contributed by atoms with van der Waals surface area (Å²) in [6, 6.07) is 84.6. The summed E-state index contributed by atoms with van der Waals surface area (Å²) in [5.74, 6) is 1.79. The summed E-state index contributed by atoms with van der Waals surface area (Å²) in [5, 5.41) is 7.29. The van der Waals surface area contributed by atoms with Crippen LogP contribution in [-0.4, -0.2) is 15.0 Å². The number of nitrogens with zero attached hydrogens (tertiary/aromatic N) is 4. The van der Waals surface area contributed by atoms with Gasteiger partial charge in [0.15, 0.2) is 23.2 Å². The molecule has 12 aromatic rings. The Morgan fingerprint density at radius 2 is 0.735 bits per heavy atom. The molecule has 0 saturated heterocycles. The molecule has 0 radical (unpaired) electrons. The minimum Gasteiger partial charge on any atom is -0.237 e. The SMILES string of the molecule is [C-]#[N+]c1cc(-c2ccc(-c3nc(-c4ccccc4)nc(-c4ccccc4-c4cccc5ccccc45)n3)cc2)ccc1-c1ccccc1-c1cccc(-c2cc3ccccc3c3ccccc23)c1. The summed E-state index contributed by atoms with van der Waals surface area (Å²) < 4.78 is 0. The third-order valence-corrected chi connectivity index (χ3v) is 13.0. The van der Waals surface area contributed by atoms with Crippen molar-refractivity contribution in [2.24, 2.45) is 0 Å². The number of benzene rings is 11. The van der Waals surface area contributed by atoms with Crippen molar-refractivity contribution >= 4 is 38.0 Å². The second-order valence-corrected chi connectivity index (χ2v) is 17.0. The highest BCUT2D eigenvalue weighted by molar-refractivity contribution is 6.14. The van der Waals surface area contributed by atoms with Crippen LogP contribution in [0.1, 0.15) is 0 Å². The van der Waals surface area contributed by atoms with Gasteiger partial charge in [0.25, 0.3) is 0 Å². The van der Waals surface area contributed by atoms with Crippen molar-refractivity contribution in [3.05, 3.63) is 254 Å². The zero-order chi connectivity index (χ0) is 45.4. The van der Waals surface area contributed by atoms with Gasteiger partial charge in [0.1, 0.15) is 0 Å². The summed E-state index contributed by atoms with van der Waals surface area (Å²) in [6.45, 7) is 8.40. The van der Waals surface area contributed by atoms with E-state index < -0.39 is 0 Å². The monoisotopic (exact) mass is 864 g/mol. The molecule has 316 valence electrons. The standard InChI is InChI=1S/C64H40N4/c1-65-61-41-46(37-38-58(61)55-28-10-9-26-51(55)47-22-15-23-48(39-47)60-40-49-20-6-8-25-52(49)53-27-11-12-30-57(53)60)42-33-35-45(36-34-42)63-66-62(44-18-3-2-4-19-44)67-64(68-63)59-31-14-13-29-56(59)54-32-16-21-43-17-5-7-24-50(43)54/h2-41H. The summed E-state index contributed by atoms with van der Waals surface area (Å²) in [4.78, 5) is 19.4. The van der Waals surface area contributed by atoms with E-state index in [4.69, 9.17) is 21.5 Å². The smallest absolute Gasteiger partial charge is 0.195 e. The van der Waals surface area contributed by atoms with Gasteiger partial charge in [-0.1, -0.05) is 224 Å². The van der Waals surface area contributed by atoms with Gasteiger partial charge in [0.05, 0.1) is 6.57 Å². The molecule has 11 aromatic carbocycles. The molecule has 0 aliphatic heterocycles. The van der Waals surface area contributed by atoms with Crippen LogP contribution >= 0.6 is 0 Å². The van der Waals surface area contributed by atoms with Crippen molar-refractivity contribution in [3.63, 3.8) is 0 Å². The average Bonchev–Trinajstić information content (AvgIpc) is 3.42. The van der Waals surface area contributed by atoms with E-state index in [9.17, 15) is 0 Å². The predicted molar refractivity (Wildman–Crippen MR) is 282 cm³/mol. The quantitative estimate of drug-likeness (QED) is 0.113. The Morgan fingerprint density at radius 3 is 1.49 bits per heavy atom. The van der Waals surface area contributed by atoms with Crippen LogP contribution in [0.25, 0.3) is 127 Å². The lowest BCUT2D eigenvalue weighted by Crippen LogP contribution is -2.01. The highest BCUT2D eigenvalue weighted by atomic mass is 15.0. The molecule has 1 aromatic heterocycles. The molecule has 0 atom stereocenters. The molecule has 0 spiro atoms. The zero-order valence-electron chi connectivity index (χ0n) is 36.9. The van der Waals surface area contributed by atoms with Gasteiger partial charge in [0, 0.05) is 16.7 Å². The van der Waals surface area contributed by atoms with Gasteiger partial charge in [-0.3, -0.25) is 0 Å². The molecule has 0 aliphatic carbocycles. The largest absolute Gasteiger partial charge is 0.237 e. The lowest BCUT2D eigenvalue weighted by Gasteiger charge is -2.15. The summed E-state index contributed by atoms with van der Waals surface area (Å²) in [7, 11) is 0. The molecule has 0 aliphatic rings. The Morgan fingerprint density at radius 1 is 0.250 bits per heavy atom. The van der Waals surface area contributed by atoms with E-state index in [1.165, 1.54) is 37.9 Å². The van der Waals surface area contributed by atoms with Crippen molar-refractivity contribution in [2.45, 2.75) is 0 Å². The molecule has 12 rings (SSSR count). The van der Waals surface area contributed by atoms with Crippen molar-refractivity contribution in [3.8, 4) is 89.8 Å². The number of hydrogen-bond donors (Lipinski definition) is 0. The zero-order valence-corrected chi connectivity index (χ0v) is 36.9. The number of fused-ring (bicyclic) bond motifs is 4. The molecule has 4 heteroatoms. The fraction of sp³-hybridized carbons (Fsp3) is 0. The normalized spacial score (nSPS) is 11.2. The summed E-state index contributed by atoms with van der Waals surface area (Å²) >= 11 is 0. The van der Waals surface area contributed by atoms with E-state index in [0.29, 0.717) is 23.2 Å². The van der Waals surface area contributed by atoms with Crippen molar-refractivity contribution in [2.75, 3.05) is 0 Å². The molecule has 0 amide bonds. The Balaban J connectivity index is 0.893. The molecule has 4 nitrogen and oxygen atoms in total. The molecule has 0 bridgehead atoms. The topological polar surface area (TPSA) is 43.0 Å². The Hall–Kier alpha value is -9.30. The van der Waals surface area contributed by atoms with Crippen LogP contribution < -0.4 is 0 Å². The van der Waals surface area contributed by atoms with E-state index >= 15 is 0 Å². The van der Waals surface area contributed by atoms with E-state index in [1.807, 2.05) is 42.5 Å². The predicted octanol–water partition coefficient (Wildman–Crippen LogP) is 17.2. The maximum absolute atomic E-state index is 8.40. The van der Waals surface area contributed by atoms with Gasteiger partial charge in [-0.25, -0.2) is 19.8 Å². The molecule has 68 heavy (non-hydrogen) atoms. The highest BCUT2D eigenvalue weighted by Gasteiger charge is 2.18. The second-order valence-electron chi connectivity index (χ2n) is 17.0. The number of rotatable bonds is 8. The van der Waals surface area contributed by atoms with Crippen molar-refractivity contribution < 1.29 is 0 Å². The van der Waals surface area contributed by atoms with Gasteiger partial charge in [0.2, 0.25) is 0 Å². The van der Waals surface area contributed by atoms with Crippen molar-refractivity contribution in [1.29, 1.82) is 0 Å². The lowest BCUT2D eigenvalue weighted by atomic mass is 9.89. The Labute approximate surface area is 395 Å². The fourth-order valence-electron chi connectivity index (χ4n) is 9.68. The molecule has 0 unspecified atom stereocenters. The third-order valence-electron chi connectivity index (χ3n) is 13.0. The van der Waals surface area contributed by atoms with Crippen LogP contribution in [0.4, 0.5) is 5.69 Å². The molecule has 0 fully saturated rings. The van der Waals surface area contributed by atoms with Crippen LogP contribution in [0.15, 0.2) is 243 Å². The minimum absolute atomic E-state index is 0.583. The van der Waals surface area contributed by atoms with Crippen LogP contribution in [0, 0.1) is 6.57 Å². The van der Waals surface area contributed by atoms with Crippen LogP contribution in [-0.2, 0) is 0 Å². The van der Waals surface area contributed by atoms with Gasteiger partial charge >= 0.3 is 0 Å². The minimum atomic E-state index is 0.583. The Bertz CT molecular complexity index is 3920. The van der Waals surface area contributed by atoms with E-state index in [1.54, 1.807) is 0 Å². The number of hydrogen-bond acceptors (Lipinski definition) is 3.